The van der Waals surface area contributed by atoms with Crippen LogP contribution in [0, 0.1) is 6.92 Å². The van der Waals surface area contributed by atoms with Gasteiger partial charge in [0.05, 0.1) is 7.11 Å². The van der Waals surface area contributed by atoms with E-state index in [1.165, 1.54) is 6.20 Å². The second kappa shape index (κ2) is 3.73. The molecule has 17 heavy (non-hydrogen) atoms. The quantitative estimate of drug-likeness (QED) is 0.743. The molecule has 0 radical (unpaired) electrons. The van der Waals surface area contributed by atoms with Crippen molar-refractivity contribution < 1.29 is 22.7 Å². The lowest BCUT2D eigenvalue weighted by molar-refractivity contribution is -0.141. The van der Waals surface area contributed by atoms with E-state index in [9.17, 15) is 18.0 Å². The molecule has 2 heterocycles. The number of thiazole rings is 1. The maximum absolute atomic E-state index is 12.7. The fourth-order valence-electron chi connectivity index (χ4n) is 1.45. The van der Waals surface area contributed by atoms with E-state index in [1.807, 2.05) is 0 Å². The molecule has 0 aliphatic carbocycles. The van der Waals surface area contributed by atoms with Gasteiger partial charge in [-0.05, 0) is 6.92 Å². The second-order valence-corrected chi connectivity index (χ2v) is 4.51. The van der Waals surface area contributed by atoms with Crippen molar-refractivity contribution in [1.29, 1.82) is 0 Å². The maximum Gasteiger partial charge on any atom is 0.435 e. The number of imidazole rings is 1. The van der Waals surface area contributed by atoms with Crippen LogP contribution in [-0.4, -0.2) is 22.5 Å². The fourth-order valence-corrected chi connectivity index (χ4v) is 2.27. The summed E-state index contributed by atoms with van der Waals surface area (Å²) in [6, 6.07) is 0. The van der Waals surface area contributed by atoms with E-state index in [0.717, 1.165) is 27.7 Å². The van der Waals surface area contributed by atoms with Crippen LogP contribution >= 0.6 is 11.3 Å². The zero-order valence-corrected chi connectivity index (χ0v) is 9.65. The van der Waals surface area contributed by atoms with Gasteiger partial charge in [0, 0.05) is 11.1 Å². The number of rotatable bonds is 1. The number of carbonyl (C=O) groups is 1. The third-order valence-corrected chi connectivity index (χ3v) is 2.99. The van der Waals surface area contributed by atoms with Gasteiger partial charge in [0.25, 0.3) is 0 Å². The van der Waals surface area contributed by atoms with Crippen molar-refractivity contribution in [3.05, 3.63) is 22.5 Å². The number of esters is 1. The van der Waals surface area contributed by atoms with Gasteiger partial charge in [-0.2, -0.15) is 13.2 Å². The molecule has 0 saturated carbocycles. The maximum atomic E-state index is 12.7. The number of halogens is 3. The molecular weight excluding hydrogens is 257 g/mol. The number of aromatic nitrogens is 2. The number of fused-ring (bicyclic) bond motifs is 1. The summed E-state index contributed by atoms with van der Waals surface area (Å²) in [6.07, 6.45) is -3.25. The van der Waals surface area contributed by atoms with Crippen LogP contribution in [0.5, 0.6) is 0 Å². The van der Waals surface area contributed by atoms with Gasteiger partial charge in [0.15, 0.2) is 16.3 Å². The van der Waals surface area contributed by atoms with Crippen LogP contribution in [-0.2, 0) is 10.9 Å². The smallest absolute Gasteiger partial charge is 0.435 e. The summed E-state index contributed by atoms with van der Waals surface area (Å²) in [7, 11) is 1.03. The number of nitrogens with zero attached hydrogens (tertiary/aromatic N) is 2. The summed E-state index contributed by atoms with van der Waals surface area (Å²) >= 11 is 1.08. The van der Waals surface area contributed by atoms with E-state index >= 15 is 0 Å². The van der Waals surface area contributed by atoms with E-state index in [1.54, 1.807) is 6.92 Å². The average molecular weight is 264 g/mol. The van der Waals surface area contributed by atoms with Gasteiger partial charge >= 0.3 is 12.1 Å². The normalized spacial score (nSPS) is 12.1. The minimum Gasteiger partial charge on any atom is -0.464 e. The molecule has 0 aromatic carbocycles. The standard InChI is InChI=1S/C9H7F3N2O2S/c1-4-3-14-5(7(15)16-2)6(9(10,11)12)13-8(14)17-4/h3H,1-2H3. The molecule has 0 unspecified atom stereocenters. The molecule has 92 valence electrons. The number of hydrogen-bond acceptors (Lipinski definition) is 4. The van der Waals surface area contributed by atoms with E-state index in [2.05, 4.69) is 9.72 Å². The Balaban J connectivity index is 2.76. The first kappa shape index (κ1) is 11.9. The average Bonchev–Trinajstić information content (AvgIpc) is 2.71. The Morgan fingerprint density at radius 2 is 2.18 bits per heavy atom. The van der Waals surface area contributed by atoms with Gasteiger partial charge in [-0.15, -0.1) is 11.3 Å². The molecule has 0 N–H and O–H groups in total. The zero-order chi connectivity index (χ0) is 12.8. The molecule has 0 aliphatic rings. The first-order valence-corrected chi connectivity index (χ1v) is 5.30. The van der Waals surface area contributed by atoms with Crippen molar-refractivity contribution in [1.82, 2.24) is 9.38 Å². The van der Waals surface area contributed by atoms with E-state index < -0.39 is 23.5 Å². The number of methoxy groups -OCH3 is 1. The molecule has 4 nitrogen and oxygen atoms in total. The van der Waals surface area contributed by atoms with Crippen molar-refractivity contribution in [2.75, 3.05) is 7.11 Å². The molecule has 2 rings (SSSR count). The Bertz CT molecular complexity index is 585. The van der Waals surface area contributed by atoms with Crippen LogP contribution in [0.2, 0.25) is 0 Å². The molecule has 0 atom stereocenters. The minimum atomic E-state index is -4.68. The Morgan fingerprint density at radius 3 is 2.71 bits per heavy atom. The second-order valence-electron chi connectivity index (χ2n) is 3.29. The van der Waals surface area contributed by atoms with Crippen molar-refractivity contribution in [2.24, 2.45) is 0 Å². The summed E-state index contributed by atoms with van der Waals surface area (Å²) in [5, 5.41) is 0. The molecule has 2 aromatic rings. The van der Waals surface area contributed by atoms with Gasteiger partial charge in [0.2, 0.25) is 0 Å². The molecule has 0 aliphatic heterocycles. The first-order valence-electron chi connectivity index (χ1n) is 4.48. The molecule has 8 heteroatoms. The van der Waals surface area contributed by atoms with Crippen LogP contribution < -0.4 is 0 Å². The highest BCUT2D eigenvalue weighted by Gasteiger charge is 2.40. The number of carbonyl (C=O) groups excluding carboxylic acids is 1. The van der Waals surface area contributed by atoms with Gasteiger partial charge in [-0.3, -0.25) is 4.40 Å². The summed E-state index contributed by atoms with van der Waals surface area (Å²) in [5.74, 6) is -1.05. The van der Waals surface area contributed by atoms with Gasteiger partial charge < -0.3 is 4.74 Å². The molecular formula is C9H7F3N2O2S. The number of hydrogen-bond donors (Lipinski definition) is 0. The number of alkyl halides is 3. The summed E-state index contributed by atoms with van der Waals surface area (Å²) in [4.78, 5) is 15.7. The summed E-state index contributed by atoms with van der Waals surface area (Å²) in [6.45, 7) is 1.72. The molecule has 0 spiro atoms. The van der Waals surface area contributed by atoms with Crippen LogP contribution in [0.4, 0.5) is 13.2 Å². The predicted octanol–water partition coefficient (Wildman–Crippen LogP) is 2.51. The lowest BCUT2D eigenvalue weighted by atomic mass is 10.3. The molecule has 0 bridgehead atoms. The van der Waals surface area contributed by atoms with Crippen LogP contribution in [0.3, 0.4) is 0 Å². The summed E-state index contributed by atoms with van der Waals surface area (Å²) < 4.78 is 43.5. The van der Waals surface area contributed by atoms with E-state index in [4.69, 9.17) is 0 Å². The van der Waals surface area contributed by atoms with Crippen LogP contribution in [0.1, 0.15) is 21.1 Å². The highest BCUT2D eigenvalue weighted by Crippen LogP contribution is 2.33. The Labute approximate surface area is 97.6 Å². The third-order valence-electron chi connectivity index (χ3n) is 2.09. The van der Waals surface area contributed by atoms with Gasteiger partial charge in [-0.25, -0.2) is 9.78 Å². The monoisotopic (exact) mass is 264 g/mol. The van der Waals surface area contributed by atoms with Crippen LogP contribution in [0.15, 0.2) is 6.20 Å². The van der Waals surface area contributed by atoms with Crippen molar-refractivity contribution >= 4 is 22.3 Å². The largest absolute Gasteiger partial charge is 0.464 e. The highest BCUT2D eigenvalue weighted by atomic mass is 32.1. The van der Waals surface area contributed by atoms with Crippen molar-refractivity contribution in [3.8, 4) is 0 Å². The topological polar surface area (TPSA) is 43.6 Å². The Morgan fingerprint density at radius 1 is 1.53 bits per heavy atom. The van der Waals surface area contributed by atoms with E-state index in [-0.39, 0.29) is 4.96 Å². The van der Waals surface area contributed by atoms with Gasteiger partial charge in [0.1, 0.15) is 0 Å². The lowest BCUT2D eigenvalue weighted by Gasteiger charge is -2.05. The zero-order valence-electron chi connectivity index (χ0n) is 8.83. The molecule has 0 fully saturated rings. The predicted molar refractivity (Wildman–Crippen MR) is 54.1 cm³/mol. The highest BCUT2D eigenvalue weighted by molar-refractivity contribution is 7.17. The summed E-state index contributed by atoms with van der Waals surface area (Å²) in [5.41, 5.74) is -1.80. The molecule has 2 aromatic heterocycles. The SMILES string of the molecule is COC(=O)c1c(C(F)(F)F)nc2sc(C)cn12. The van der Waals surface area contributed by atoms with E-state index in [0.29, 0.717) is 0 Å². The Hall–Kier alpha value is -1.57. The lowest BCUT2D eigenvalue weighted by Crippen LogP contribution is -2.15. The molecule has 0 amide bonds. The van der Waals surface area contributed by atoms with Crippen molar-refractivity contribution in [2.45, 2.75) is 13.1 Å². The van der Waals surface area contributed by atoms with Crippen LogP contribution in [0.25, 0.3) is 4.96 Å². The molecule has 0 saturated heterocycles. The minimum absolute atomic E-state index is 0.121. The van der Waals surface area contributed by atoms with Crippen molar-refractivity contribution in [3.63, 3.8) is 0 Å². The number of aryl methyl sites for hydroxylation is 1. The number of ether oxygens (including phenoxy) is 1. The van der Waals surface area contributed by atoms with Gasteiger partial charge in [-0.1, -0.05) is 0 Å². The first-order chi connectivity index (χ1) is 7.84. The third kappa shape index (κ3) is 1.88. The fraction of sp³-hybridized carbons (Fsp3) is 0.333. The Kier molecular flexibility index (Phi) is 2.61.